The molecule has 0 aromatic heterocycles. The Morgan fingerprint density at radius 1 is 0.975 bits per heavy atom. The molecule has 8 nitrogen and oxygen atoms in total. The van der Waals surface area contributed by atoms with Crippen LogP contribution in [0.1, 0.15) is 32.8 Å². The van der Waals surface area contributed by atoms with Gasteiger partial charge in [-0.1, -0.05) is 46.6 Å². The topological polar surface area (TPSA) is 96.0 Å². The second-order valence-corrected chi connectivity index (χ2v) is 12.2. The smallest absolute Gasteiger partial charge is 0.264 e. The Labute approximate surface area is 249 Å². The summed E-state index contributed by atoms with van der Waals surface area (Å²) in [7, 11) is -4.16. The first-order valence-electron chi connectivity index (χ1n) is 12.9. The van der Waals surface area contributed by atoms with E-state index in [1.54, 1.807) is 67.6 Å². The van der Waals surface area contributed by atoms with Gasteiger partial charge in [0.2, 0.25) is 11.8 Å². The number of amides is 2. The molecule has 0 saturated heterocycles. The van der Waals surface area contributed by atoms with E-state index in [4.69, 9.17) is 16.3 Å². The number of hydrogen-bond acceptors (Lipinski definition) is 5. The zero-order valence-corrected chi connectivity index (χ0v) is 25.8. The van der Waals surface area contributed by atoms with Gasteiger partial charge < -0.3 is 15.0 Å². The van der Waals surface area contributed by atoms with Crippen molar-refractivity contribution in [1.82, 2.24) is 10.2 Å². The molecular formula is C29H33BrClN3O5S. The largest absolute Gasteiger partial charge is 0.494 e. The fraction of sp³-hybridized carbons (Fsp3) is 0.310. The molecule has 1 N–H and O–H groups in total. The van der Waals surface area contributed by atoms with E-state index in [9.17, 15) is 18.0 Å². The Kier molecular flexibility index (Phi) is 11.4. The predicted octanol–water partition coefficient (Wildman–Crippen LogP) is 5.64. The van der Waals surface area contributed by atoms with Crippen LogP contribution < -0.4 is 14.4 Å². The number of nitrogens with zero attached hydrogens (tertiary/aromatic N) is 2. The van der Waals surface area contributed by atoms with Crippen LogP contribution in [0, 0.1) is 0 Å². The average molecular weight is 651 g/mol. The van der Waals surface area contributed by atoms with Crippen molar-refractivity contribution in [2.75, 3.05) is 24.0 Å². The molecule has 3 aromatic carbocycles. The molecule has 2 amide bonds. The molecule has 3 rings (SSSR count). The normalized spacial score (nSPS) is 11.9. The second-order valence-electron chi connectivity index (χ2n) is 9.01. The number of ether oxygens (including phenoxy) is 1. The standard InChI is InChI=1S/C29H33BrClN3O5S/c1-4-18-32-29(36)21(3)33(19-22-6-10-24(31)11-7-22)28(35)20-34(25-12-14-26(15-13-25)39-5-2)40(37,38)27-16-8-23(30)9-17-27/h6-17,21H,4-5,18-20H2,1-3H3,(H,32,36). The number of halogens is 2. The van der Waals surface area contributed by atoms with E-state index in [-0.39, 0.29) is 23.0 Å². The number of sulfonamides is 1. The first-order valence-corrected chi connectivity index (χ1v) is 15.5. The van der Waals surface area contributed by atoms with Gasteiger partial charge in [-0.25, -0.2) is 8.42 Å². The first-order chi connectivity index (χ1) is 19.1. The van der Waals surface area contributed by atoms with Gasteiger partial charge in [-0.15, -0.1) is 0 Å². The van der Waals surface area contributed by atoms with Crippen LogP contribution >= 0.6 is 27.5 Å². The molecule has 0 aliphatic heterocycles. The fourth-order valence-corrected chi connectivity index (χ4v) is 5.71. The monoisotopic (exact) mass is 649 g/mol. The molecule has 1 unspecified atom stereocenters. The van der Waals surface area contributed by atoms with Gasteiger partial charge in [0.05, 0.1) is 17.2 Å². The Bertz CT molecular complexity index is 1380. The van der Waals surface area contributed by atoms with Gasteiger partial charge in [0, 0.05) is 22.6 Å². The third kappa shape index (κ3) is 8.22. The molecule has 0 aliphatic rings. The third-order valence-corrected chi connectivity index (χ3v) is 8.67. The second kappa shape index (κ2) is 14.5. The van der Waals surface area contributed by atoms with E-state index >= 15 is 0 Å². The Morgan fingerprint density at radius 3 is 2.17 bits per heavy atom. The SMILES string of the molecule is CCCNC(=O)C(C)N(Cc1ccc(Cl)cc1)C(=O)CN(c1ccc(OCC)cc1)S(=O)(=O)c1ccc(Br)cc1. The van der Waals surface area contributed by atoms with Crippen LogP contribution in [0.15, 0.2) is 82.2 Å². The first kappa shape index (κ1) is 31.4. The minimum atomic E-state index is -4.16. The number of anilines is 1. The molecule has 0 aliphatic carbocycles. The molecule has 0 heterocycles. The average Bonchev–Trinajstić information content (AvgIpc) is 2.94. The summed E-state index contributed by atoms with van der Waals surface area (Å²) < 4.78 is 35.0. The summed E-state index contributed by atoms with van der Waals surface area (Å²) in [6.07, 6.45) is 0.737. The maximum Gasteiger partial charge on any atom is 0.264 e. The number of carbonyl (C=O) groups excluding carboxylic acids is 2. The molecule has 0 spiro atoms. The highest BCUT2D eigenvalue weighted by Crippen LogP contribution is 2.27. The summed E-state index contributed by atoms with van der Waals surface area (Å²) in [5.74, 6) is -0.291. The Balaban J connectivity index is 2.01. The van der Waals surface area contributed by atoms with E-state index in [0.29, 0.717) is 23.9 Å². The van der Waals surface area contributed by atoms with Gasteiger partial charge in [-0.05, 0) is 86.5 Å². The molecule has 1 atom stereocenters. The summed E-state index contributed by atoms with van der Waals surface area (Å²) in [5.41, 5.74) is 1.03. The van der Waals surface area contributed by atoms with Crippen LogP contribution in [-0.2, 0) is 26.2 Å². The van der Waals surface area contributed by atoms with Gasteiger partial charge in [0.25, 0.3) is 10.0 Å². The minimum absolute atomic E-state index is 0.0235. The van der Waals surface area contributed by atoms with E-state index in [1.165, 1.54) is 17.0 Å². The lowest BCUT2D eigenvalue weighted by Gasteiger charge is -2.32. The summed E-state index contributed by atoms with van der Waals surface area (Å²) in [5, 5.41) is 3.36. The van der Waals surface area contributed by atoms with Crippen molar-refractivity contribution in [3.8, 4) is 5.75 Å². The van der Waals surface area contributed by atoms with Crippen LogP contribution in [0.4, 0.5) is 5.69 Å². The summed E-state index contributed by atoms with van der Waals surface area (Å²) in [6, 6.07) is 18.8. The highest BCUT2D eigenvalue weighted by Gasteiger charge is 2.32. The van der Waals surface area contributed by atoms with Gasteiger partial charge in [0.15, 0.2) is 0 Å². The molecule has 3 aromatic rings. The van der Waals surface area contributed by atoms with E-state index in [1.807, 2.05) is 13.8 Å². The summed E-state index contributed by atoms with van der Waals surface area (Å²) in [6.45, 7) is 5.90. The van der Waals surface area contributed by atoms with E-state index in [0.717, 1.165) is 20.8 Å². The molecule has 0 fully saturated rings. The lowest BCUT2D eigenvalue weighted by molar-refractivity contribution is -0.139. The van der Waals surface area contributed by atoms with Crippen molar-refractivity contribution in [1.29, 1.82) is 0 Å². The Morgan fingerprint density at radius 2 is 1.60 bits per heavy atom. The van der Waals surface area contributed by atoms with Gasteiger partial charge in [-0.3, -0.25) is 13.9 Å². The lowest BCUT2D eigenvalue weighted by Crippen LogP contribution is -2.51. The number of carbonyl (C=O) groups is 2. The fourth-order valence-electron chi connectivity index (χ4n) is 3.90. The Hall–Kier alpha value is -3.08. The maximum absolute atomic E-state index is 13.9. The highest BCUT2D eigenvalue weighted by molar-refractivity contribution is 9.10. The zero-order chi connectivity index (χ0) is 29.3. The molecular weight excluding hydrogens is 618 g/mol. The predicted molar refractivity (Wildman–Crippen MR) is 161 cm³/mol. The number of hydrogen-bond donors (Lipinski definition) is 1. The number of nitrogens with one attached hydrogen (secondary N) is 1. The van der Waals surface area contributed by atoms with Crippen LogP contribution in [0.3, 0.4) is 0 Å². The van der Waals surface area contributed by atoms with Crippen LogP contribution in [0.25, 0.3) is 0 Å². The van der Waals surface area contributed by atoms with Crippen LogP contribution in [0.5, 0.6) is 5.75 Å². The van der Waals surface area contributed by atoms with Crippen molar-refractivity contribution in [3.05, 3.63) is 87.9 Å². The van der Waals surface area contributed by atoms with E-state index in [2.05, 4.69) is 21.2 Å². The number of rotatable bonds is 13. The van der Waals surface area contributed by atoms with Gasteiger partial charge in [0.1, 0.15) is 18.3 Å². The maximum atomic E-state index is 13.9. The molecule has 0 saturated carbocycles. The molecule has 214 valence electrons. The van der Waals surface area contributed by atoms with Crippen molar-refractivity contribution in [2.45, 2.75) is 44.7 Å². The number of benzene rings is 3. The van der Waals surface area contributed by atoms with Crippen LogP contribution in [-0.4, -0.2) is 50.9 Å². The van der Waals surface area contributed by atoms with Gasteiger partial charge >= 0.3 is 0 Å². The quantitative estimate of drug-likeness (QED) is 0.258. The summed E-state index contributed by atoms with van der Waals surface area (Å²) in [4.78, 5) is 28.2. The van der Waals surface area contributed by atoms with Crippen LogP contribution in [0.2, 0.25) is 5.02 Å². The molecule has 0 bridgehead atoms. The zero-order valence-electron chi connectivity index (χ0n) is 22.6. The van der Waals surface area contributed by atoms with Crippen molar-refractivity contribution >= 4 is 55.1 Å². The molecule has 40 heavy (non-hydrogen) atoms. The molecule has 0 radical (unpaired) electrons. The van der Waals surface area contributed by atoms with Crippen molar-refractivity contribution in [2.24, 2.45) is 0 Å². The molecule has 11 heteroatoms. The minimum Gasteiger partial charge on any atom is -0.494 e. The third-order valence-electron chi connectivity index (χ3n) is 6.10. The lowest BCUT2D eigenvalue weighted by atomic mass is 10.1. The summed E-state index contributed by atoms with van der Waals surface area (Å²) >= 11 is 9.37. The van der Waals surface area contributed by atoms with Gasteiger partial charge in [-0.2, -0.15) is 0 Å². The van der Waals surface area contributed by atoms with E-state index < -0.39 is 28.5 Å². The van der Waals surface area contributed by atoms with Crippen molar-refractivity contribution < 1.29 is 22.7 Å². The highest BCUT2D eigenvalue weighted by atomic mass is 79.9. The van der Waals surface area contributed by atoms with Crippen molar-refractivity contribution in [3.63, 3.8) is 0 Å².